The van der Waals surface area contributed by atoms with Gasteiger partial charge in [0.25, 0.3) is 0 Å². The molecule has 0 saturated carbocycles. The SMILES string of the molecule is C#CCOCCOCCOCCOCCOCC(Nc1nc(Cl)nc2c1cnn2C1CCC(CO)O1)c1ccccc1. The molecule has 2 N–H and O–H groups in total. The lowest BCUT2D eigenvalue weighted by atomic mass is 10.1. The number of anilines is 1. The van der Waals surface area contributed by atoms with Crippen LogP contribution in [0, 0.1) is 12.3 Å². The summed E-state index contributed by atoms with van der Waals surface area (Å²) in [6, 6.07) is 9.73. The van der Waals surface area contributed by atoms with Crippen molar-refractivity contribution < 1.29 is 33.5 Å². The van der Waals surface area contributed by atoms with E-state index in [1.165, 1.54) is 0 Å². The Morgan fingerprint density at radius 3 is 2.29 bits per heavy atom. The maximum Gasteiger partial charge on any atom is 0.226 e. The van der Waals surface area contributed by atoms with E-state index in [0.29, 0.717) is 82.9 Å². The summed E-state index contributed by atoms with van der Waals surface area (Å²) in [5.74, 6) is 2.95. The fourth-order valence-corrected chi connectivity index (χ4v) is 4.57. The Morgan fingerprint density at radius 1 is 0.976 bits per heavy atom. The molecule has 1 aliphatic heterocycles. The van der Waals surface area contributed by atoms with E-state index in [9.17, 15) is 5.11 Å². The molecule has 228 valence electrons. The number of aliphatic hydroxyl groups is 1. The molecule has 0 amide bonds. The van der Waals surface area contributed by atoms with E-state index >= 15 is 0 Å². The first kappa shape index (κ1) is 32.1. The molecule has 0 spiro atoms. The van der Waals surface area contributed by atoms with Crippen LogP contribution < -0.4 is 5.32 Å². The molecule has 4 rings (SSSR count). The first-order valence-electron chi connectivity index (χ1n) is 14.0. The lowest BCUT2D eigenvalue weighted by molar-refractivity contribution is -0.0262. The zero-order valence-electron chi connectivity index (χ0n) is 23.5. The second-order valence-electron chi connectivity index (χ2n) is 9.42. The number of halogens is 1. The Balaban J connectivity index is 1.23. The number of nitrogens with one attached hydrogen (secondary N) is 1. The minimum absolute atomic E-state index is 0.0310. The summed E-state index contributed by atoms with van der Waals surface area (Å²) in [5.41, 5.74) is 1.59. The van der Waals surface area contributed by atoms with E-state index in [1.807, 2.05) is 30.3 Å². The molecule has 3 heterocycles. The van der Waals surface area contributed by atoms with Crippen molar-refractivity contribution in [1.29, 1.82) is 0 Å². The van der Waals surface area contributed by atoms with E-state index in [2.05, 4.69) is 26.3 Å². The molecule has 12 nitrogen and oxygen atoms in total. The van der Waals surface area contributed by atoms with Crippen molar-refractivity contribution in [3.05, 3.63) is 47.4 Å². The van der Waals surface area contributed by atoms with Gasteiger partial charge >= 0.3 is 0 Å². The van der Waals surface area contributed by atoms with Crippen molar-refractivity contribution >= 4 is 28.5 Å². The molecule has 2 aromatic heterocycles. The molecule has 1 fully saturated rings. The summed E-state index contributed by atoms with van der Waals surface area (Å²) < 4.78 is 35.2. The second kappa shape index (κ2) is 17.9. The van der Waals surface area contributed by atoms with Crippen LogP contribution in [0.25, 0.3) is 11.0 Å². The van der Waals surface area contributed by atoms with Crippen LogP contribution in [0.1, 0.15) is 30.7 Å². The molecule has 0 bridgehead atoms. The smallest absolute Gasteiger partial charge is 0.226 e. The molecular formula is C29H38ClN5O7. The zero-order chi connectivity index (χ0) is 29.4. The standard InChI is InChI=1S/C29H38ClN5O7/c1-2-10-37-11-12-38-13-14-39-15-16-40-17-18-41-21-25(22-6-4-3-5-7-22)32-27-24-19-31-35(28(24)34-29(30)33-27)26-9-8-23(20-36)42-26/h1,3-7,19,23,25-26,36H,8-18,20-21H2,(H,32,33,34). The van der Waals surface area contributed by atoms with Crippen molar-refractivity contribution in [2.45, 2.75) is 31.2 Å². The summed E-state index contributed by atoms with van der Waals surface area (Å²) in [6.45, 7) is 4.32. The van der Waals surface area contributed by atoms with Crippen LogP contribution in [-0.4, -0.2) is 104 Å². The Kier molecular flexibility index (Phi) is 13.7. The minimum Gasteiger partial charge on any atom is -0.394 e. The monoisotopic (exact) mass is 603 g/mol. The molecule has 1 saturated heterocycles. The Morgan fingerprint density at radius 2 is 1.64 bits per heavy atom. The molecule has 3 unspecified atom stereocenters. The Bertz CT molecular complexity index is 1240. The number of benzene rings is 1. The number of rotatable bonds is 20. The highest BCUT2D eigenvalue weighted by Gasteiger charge is 2.29. The summed E-state index contributed by atoms with van der Waals surface area (Å²) >= 11 is 6.33. The van der Waals surface area contributed by atoms with Crippen LogP contribution in [0.5, 0.6) is 0 Å². The molecule has 3 aromatic rings. The molecule has 0 radical (unpaired) electrons. The lowest BCUT2D eigenvalue weighted by Crippen LogP contribution is -2.20. The van der Waals surface area contributed by atoms with Gasteiger partial charge in [-0.2, -0.15) is 15.1 Å². The van der Waals surface area contributed by atoms with Crippen molar-refractivity contribution in [2.24, 2.45) is 0 Å². The number of ether oxygens (including phenoxy) is 6. The average Bonchev–Trinajstić information content (AvgIpc) is 3.66. The summed E-state index contributed by atoms with van der Waals surface area (Å²) in [6.07, 6.45) is 7.74. The van der Waals surface area contributed by atoms with Gasteiger partial charge in [0.05, 0.1) is 89.8 Å². The van der Waals surface area contributed by atoms with Gasteiger partial charge in [0.1, 0.15) is 12.4 Å². The van der Waals surface area contributed by atoms with Crippen molar-refractivity contribution in [2.75, 3.05) is 78.0 Å². The van der Waals surface area contributed by atoms with Crippen LogP contribution in [-0.2, 0) is 28.4 Å². The molecule has 3 atom stereocenters. The summed E-state index contributed by atoms with van der Waals surface area (Å²) in [7, 11) is 0. The van der Waals surface area contributed by atoms with Gasteiger partial charge in [-0.1, -0.05) is 36.3 Å². The third kappa shape index (κ3) is 9.86. The Hall–Kier alpha value is -2.86. The van der Waals surface area contributed by atoms with Crippen molar-refractivity contribution in [1.82, 2.24) is 19.7 Å². The van der Waals surface area contributed by atoms with E-state index in [1.54, 1.807) is 10.9 Å². The molecule has 42 heavy (non-hydrogen) atoms. The average molecular weight is 604 g/mol. The van der Waals surface area contributed by atoms with E-state index in [4.69, 9.17) is 46.4 Å². The van der Waals surface area contributed by atoms with Crippen LogP contribution >= 0.6 is 11.6 Å². The van der Waals surface area contributed by atoms with Crippen LogP contribution in [0.4, 0.5) is 5.82 Å². The fourth-order valence-electron chi connectivity index (χ4n) is 4.40. The molecule has 1 aromatic carbocycles. The third-order valence-corrected chi connectivity index (χ3v) is 6.63. The number of hydrogen-bond donors (Lipinski definition) is 2. The third-order valence-electron chi connectivity index (χ3n) is 6.46. The number of nitrogens with zero attached hydrogens (tertiary/aromatic N) is 4. The predicted octanol–water partition coefficient (Wildman–Crippen LogP) is 3.02. The molecule has 1 aliphatic rings. The van der Waals surface area contributed by atoms with Crippen LogP contribution in [0.2, 0.25) is 5.28 Å². The number of fused-ring (bicyclic) bond motifs is 1. The first-order valence-corrected chi connectivity index (χ1v) is 14.4. The normalized spacial score (nSPS) is 17.5. The fraction of sp³-hybridized carbons (Fsp3) is 0.552. The molecule has 0 aliphatic carbocycles. The minimum atomic E-state index is -0.324. The van der Waals surface area contributed by atoms with Crippen LogP contribution in [0.15, 0.2) is 36.5 Å². The highest BCUT2D eigenvalue weighted by Crippen LogP contribution is 2.32. The number of terminal acetylenes is 1. The summed E-state index contributed by atoms with van der Waals surface area (Å²) in [5, 5.41) is 18.2. The maximum absolute atomic E-state index is 9.45. The predicted molar refractivity (Wildman–Crippen MR) is 156 cm³/mol. The maximum atomic E-state index is 9.45. The molecule has 13 heteroatoms. The van der Waals surface area contributed by atoms with E-state index < -0.39 is 0 Å². The van der Waals surface area contributed by atoms with Gasteiger partial charge in [-0.25, -0.2) is 4.68 Å². The van der Waals surface area contributed by atoms with Gasteiger partial charge in [-0.05, 0) is 30.0 Å². The number of aliphatic hydroxyl groups excluding tert-OH is 1. The number of aromatic nitrogens is 4. The van der Waals surface area contributed by atoms with Crippen molar-refractivity contribution in [3.63, 3.8) is 0 Å². The summed E-state index contributed by atoms with van der Waals surface area (Å²) in [4.78, 5) is 8.87. The van der Waals surface area contributed by atoms with Gasteiger partial charge in [0.2, 0.25) is 5.28 Å². The van der Waals surface area contributed by atoms with Gasteiger partial charge in [0.15, 0.2) is 11.9 Å². The van der Waals surface area contributed by atoms with E-state index in [0.717, 1.165) is 18.4 Å². The Labute approximate surface area is 250 Å². The second-order valence-corrected chi connectivity index (χ2v) is 9.75. The highest BCUT2D eigenvalue weighted by molar-refractivity contribution is 6.28. The highest BCUT2D eigenvalue weighted by atomic mass is 35.5. The van der Waals surface area contributed by atoms with Crippen molar-refractivity contribution in [3.8, 4) is 12.3 Å². The topological polar surface area (TPSA) is 131 Å². The van der Waals surface area contributed by atoms with Gasteiger partial charge in [-0.3, -0.25) is 0 Å². The van der Waals surface area contributed by atoms with Crippen LogP contribution in [0.3, 0.4) is 0 Å². The largest absolute Gasteiger partial charge is 0.394 e. The van der Waals surface area contributed by atoms with Gasteiger partial charge < -0.3 is 38.8 Å². The number of hydrogen-bond acceptors (Lipinski definition) is 11. The van der Waals surface area contributed by atoms with E-state index in [-0.39, 0.29) is 30.3 Å². The van der Waals surface area contributed by atoms with Gasteiger partial charge in [0, 0.05) is 0 Å². The zero-order valence-corrected chi connectivity index (χ0v) is 24.3. The van der Waals surface area contributed by atoms with Gasteiger partial charge in [-0.15, -0.1) is 6.42 Å². The first-order chi connectivity index (χ1) is 20.7. The molecular weight excluding hydrogens is 566 g/mol. The lowest BCUT2D eigenvalue weighted by Gasteiger charge is -2.21. The quantitative estimate of drug-likeness (QED) is 0.112.